The molecular weight excluding hydrogens is 342 g/mol. The summed E-state index contributed by atoms with van der Waals surface area (Å²) in [5.74, 6) is 4.34. The molecule has 2 aromatic rings. The summed E-state index contributed by atoms with van der Waals surface area (Å²) in [6.45, 7) is 13.5. The zero-order valence-electron chi connectivity index (χ0n) is 17.7. The number of rotatable bonds is 8. The molecule has 0 heterocycles. The first-order chi connectivity index (χ1) is 12.9. The van der Waals surface area contributed by atoms with Gasteiger partial charge in [0.15, 0.2) is 0 Å². The summed E-state index contributed by atoms with van der Waals surface area (Å²) >= 11 is 0. The highest BCUT2D eigenvalue weighted by Gasteiger charge is 2.25. The van der Waals surface area contributed by atoms with Gasteiger partial charge in [-0.15, -0.1) is 5.54 Å². The van der Waals surface area contributed by atoms with Crippen LogP contribution >= 0.6 is 0 Å². The van der Waals surface area contributed by atoms with Gasteiger partial charge in [-0.1, -0.05) is 113 Å². The van der Waals surface area contributed by atoms with Gasteiger partial charge >= 0.3 is 0 Å². The van der Waals surface area contributed by atoms with E-state index in [1.807, 2.05) is 0 Å². The third kappa shape index (κ3) is 7.37. The van der Waals surface area contributed by atoms with E-state index in [9.17, 15) is 0 Å². The average Bonchev–Trinajstić information content (AvgIpc) is 2.65. The molecule has 2 rings (SSSR count). The van der Waals surface area contributed by atoms with Crippen LogP contribution in [0, 0.1) is 17.4 Å². The Balaban J connectivity index is 2.38. The molecule has 2 heteroatoms. The van der Waals surface area contributed by atoms with Gasteiger partial charge in [0.25, 0.3) is 0 Å². The third-order valence-electron chi connectivity index (χ3n) is 4.94. The van der Waals surface area contributed by atoms with Gasteiger partial charge in [0.05, 0.1) is 6.04 Å². The van der Waals surface area contributed by atoms with E-state index < -0.39 is 8.07 Å². The lowest BCUT2D eigenvalue weighted by atomic mass is 9.92. The maximum absolute atomic E-state index is 3.74. The van der Waals surface area contributed by atoms with Crippen LogP contribution in [-0.2, 0) is 13.1 Å². The van der Waals surface area contributed by atoms with Crippen LogP contribution in [0.25, 0.3) is 0 Å². The lowest BCUT2D eigenvalue weighted by Crippen LogP contribution is -2.39. The second kappa shape index (κ2) is 10.5. The Morgan fingerprint density at radius 3 is 1.59 bits per heavy atom. The van der Waals surface area contributed by atoms with Crippen LogP contribution in [0.1, 0.15) is 37.8 Å². The second-order valence-corrected chi connectivity index (χ2v) is 13.2. The first kappa shape index (κ1) is 21.5. The van der Waals surface area contributed by atoms with Gasteiger partial charge in [-0.05, 0) is 17.0 Å². The summed E-state index contributed by atoms with van der Waals surface area (Å²) in [4.78, 5) is 2.59. The van der Waals surface area contributed by atoms with Crippen molar-refractivity contribution in [1.82, 2.24) is 4.90 Å². The first-order valence-corrected chi connectivity index (χ1v) is 13.8. The zero-order chi connectivity index (χ0) is 19.7. The Morgan fingerprint density at radius 2 is 1.22 bits per heavy atom. The highest BCUT2D eigenvalue weighted by molar-refractivity contribution is 6.83. The van der Waals surface area contributed by atoms with Crippen LogP contribution in [0.5, 0.6) is 0 Å². The van der Waals surface area contributed by atoms with E-state index in [4.69, 9.17) is 0 Å². The molecule has 0 amide bonds. The fourth-order valence-electron chi connectivity index (χ4n) is 3.42. The minimum atomic E-state index is -1.41. The molecule has 144 valence electrons. The van der Waals surface area contributed by atoms with E-state index in [-0.39, 0.29) is 0 Å². The lowest BCUT2D eigenvalue weighted by Gasteiger charge is -2.34. The maximum atomic E-state index is 3.74. The van der Waals surface area contributed by atoms with Crippen molar-refractivity contribution in [3.8, 4) is 11.5 Å². The van der Waals surface area contributed by atoms with Gasteiger partial charge in [0.2, 0.25) is 0 Å². The Labute approximate surface area is 167 Å². The molecule has 0 saturated heterocycles. The molecule has 0 radical (unpaired) electrons. The van der Waals surface area contributed by atoms with Crippen LogP contribution < -0.4 is 0 Å². The molecule has 0 bridgehead atoms. The molecule has 0 saturated carbocycles. The van der Waals surface area contributed by atoms with Crippen LogP contribution in [0.15, 0.2) is 60.7 Å². The first-order valence-electron chi connectivity index (χ1n) is 10.3. The fraction of sp³-hybridized carbons (Fsp3) is 0.440. The molecule has 0 N–H and O–H groups in total. The van der Waals surface area contributed by atoms with Crippen LogP contribution in [-0.4, -0.2) is 19.0 Å². The number of nitrogens with zero attached hydrogens (tertiary/aromatic N) is 1. The zero-order valence-corrected chi connectivity index (χ0v) is 18.7. The molecule has 2 aromatic carbocycles. The second-order valence-electron chi connectivity index (χ2n) is 8.42. The van der Waals surface area contributed by atoms with E-state index in [0.717, 1.165) is 13.1 Å². The van der Waals surface area contributed by atoms with Crippen molar-refractivity contribution < 1.29 is 0 Å². The van der Waals surface area contributed by atoms with Crippen LogP contribution in [0.2, 0.25) is 19.6 Å². The summed E-state index contributed by atoms with van der Waals surface area (Å²) in [6, 6.07) is 21.9. The molecule has 1 nitrogen and oxygen atoms in total. The van der Waals surface area contributed by atoms with Gasteiger partial charge < -0.3 is 0 Å². The highest BCUT2D eigenvalue weighted by atomic mass is 28.3. The fourth-order valence-corrected chi connectivity index (χ4v) is 4.00. The minimum Gasteiger partial charge on any atom is -0.281 e. The topological polar surface area (TPSA) is 3.24 Å². The number of hydrogen-bond acceptors (Lipinski definition) is 1. The van der Waals surface area contributed by atoms with E-state index >= 15 is 0 Å². The van der Waals surface area contributed by atoms with Gasteiger partial charge in [0.1, 0.15) is 8.07 Å². The summed E-state index contributed by atoms with van der Waals surface area (Å²) in [7, 11) is -1.41. The summed E-state index contributed by atoms with van der Waals surface area (Å²) < 4.78 is 0. The molecule has 27 heavy (non-hydrogen) atoms. The molecule has 0 aromatic heterocycles. The number of benzene rings is 2. The Hall–Kier alpha value is -1.82. The van der Waals surface area contributed by atoms with Crippen LogP contribution in [0.3, 0.4) is 0 Å². The van der Waals surface area contributed by atoms with E-state index in [1.54, 1.807) is 0 Å². The van der Waals surface area contributed by atoms with E-state index in [1.165, 1.54) is 24.0 Å². The molecule has 0 aliphatic carbocycles. The quantitative estimate of drug-likeness (QED) is 0.381. The molecule has 0 spiro atoms. The lowest BCUT2D eigenvalue weighted by molar-refractivity contribution is 0.159. The van der Waals surface area contributed by atoms with Crippen molar-refractivity contribution in [1.29, 1.82) is 0 Å². The third-order valence-corrected chi connectivity index (χ3v) is 5.84. The molecule has 0 unspecified atom stereocenters. The van der Waals surface area contributed by atoms with Crippen molar-refractivity contribution >= 4 is 8.07 Å². The van der Waals surface area contributed by atoms with Crippen molar-refractivity contribution in [3.05, 3.63) is 71.8 Å². The van der Waals surface area contributed by atoms with Gasteiger partial charge in [-0.25, -0.2) is 0 Å². The Bertz CT molecular complexity index is 676. The molecule has 1 atom stereocenters. The van der Waals surface area contributed by atoms with Crippen LogP contribution in [0.4, 0.5) is 0 Å². The van der Waals surface area contributed by atoms with Crippen molar-refractivity contribution in [2.75, 3.05) is 0 Å². The van der Waals surface area contributed by atoms with Gasteiger partial charge in [-0.2, -0.15) is 0 Å². The average molecular weight is 378 g/mol. The minimum absolute atomic E-state index is 0.298. The SMILES string of the molecule is CCC(CC)[C@H](C#C[Si](C)(C)C)N(Cc1ccccc1)Cc1ccccc1. The smallest absolute Gasteiger partial charge is 0.129 e. The van der Waals surface area contributed by atoms with Crippen molar-refractivity contribution in [3.63, 3.8) is 0 Å². The van der Waals surface area contributed by atoms with Crippen molar-refractivity contribution in [2.45, 2.75) is 65.5 Å². The highest BCUT2D eigenvalue weighted by Crippen LogP contribution is 2.23. The van der Waals surface area contributed by atoms with Crippen molar-refractivity contribution in [2.24, 2.45) is 5.92 Å². The van der Waals surface area contributed by atoms with Gasteiger partial charge in [-0.3, -0.25) is 4.90 Å². The van der Waals surface area contributed by atoms with Gasteiger partial charge in [0, 0.05) is 13.1 Å². The number of hydrogen-bond donors (Lipinski definition) is 0. The summed E-state index contributed by atoms with van der Waals surface area (Å²) in [5, 5.41) is 0. The maximum Gasteiger partial charge on any atom is 0.129 e. The molecule has 0 aliphatic heterocycles. The van der Waals surface area contributed by atoms with E-state index in [0.29, 0.717) is 12.0 Å². The molecular formula is C25H35NSi. The predicted molar refractivity (Wildman–Crippen MR) is 121 cm³/mol. The molecule has 0 aliphatic rings. The normalized spacial score (nSPS) is 12.7. The Kier molecular flexibility index (Phi) is 8.35. The predicted octanol–water partition coefficient (Wildman–Crippen LogP) is 6.37. The molecule has 0 fully saturated rings. The monoisotopic (exact) mass is 377 g/mol. The largest absolute Gasteiger partial charge is 0.281 e. The standard InChI is InChI=1S/C25H35NSi/c1-6-24(7-2)25(18-19-27(3,4)5)26(20-22-14-10-8-11-15-22)21-23-16-12-9-13-17-23/h8-17,24-25H,6-7,20-21H2,1-5H3/t25-/m0/s1. The Morgan fingerprint density at radius 1 is 0.778 bits per heavy atom. The van der Waals surface area contributed by atoms with E-state index in [2.05, 4.69) is 111 Å². The summed E-state index contributed by atoms with van der Waals surface area (Å²) in [5.41, 5.74) is 6.39. The summed E-state index contributed by atoms with van der Waals surface area (Å²) in [6.07, 6.45) is 2.34.